The fourth-order valence-corrected chi connectivity index (χ4v) is 1.07. The number of ether oxygens (including phenoxy) is 1. The Morgan fingerprint density at radius 3 is 2.50 bits per heavy atom. The van der Waals surface area contributed by atoms with Gasteiger partial charge in [-0.05, 0) is 0 Å². The SMILES string of the molecule is O=C(OP(=O)(O)O)C1NCCO1.[H-].[H-].[Na+].[Na+]. The Morgan fingerprint density at radius 1 is 1.57 bits per heavy atom. The molecule has 1 saturated heterocycles. The zero-order valence-corrected chi connectivity index (χ0v) is 12.9. The van der Waals surface area contributed by atoms with Gasteiger partial charge < -0.3 is 12.1 Å². The van der Waals surface area contributed by atoms with Crippen molar-refractivity contribution in [3.8, 4) is 0 Å². The first-order valence-electron chi connectivity index (χ1n) is 3.13. The second-order valence-corrected chi connectivity index (χ2v) is 3.27. The molecule has 1 aliphatic rings. The van der Waals surface area contributed by atoms with Gasteiger partial charge in [-0.2, -0.15) is 0 Å². The van der Waals surface area contributed by atoms with Crippen LogP contribution >= 0.6 is 7.82 Å². The van der Waals surface area contributed by atoms with Crippen LogP contribution in [0.2, 0.25) is 0 Å². The summed E-state index contributed by atoms with van der Waals surface area (Å²) < 4.78 is 18.7. The smallest absolute Gasteiger partial charge is 1.00 e. The van der Waals surface area contributed by atoms with E-state index in [0.717, 1.165) is 0 Å². The molecular formula is C4H10NNa2O6P. The first kappa shape index (κ1) is 17.9. The first-order chi connectivity index (χ1) is 5.49. The molecule has 3 N–H and O–H groups in total. The van der Waals surface area contributed by atoms with Crippen molar-refractivity contribution < 1.29 is 90.4 Å². The Kier molecular flexibility index (Phi) is 9.93. The van der Waals surface area contributed by atoms with Gasteiger partial charge in [0.05, 0.1) is 6.61 Å². The molecular weight excluding hydrogens is 235 g/mol. The van der Waals surface area contributed by atoms with E-state index in [2.05, 4.69) is 9.84 Å². The molecule has 0 aliphatic carbocycles. The maximum absolute atomic E-state index is 10.8. The summed E-state index contributed by atoms with van der Waals surface area (Å²) >= 11 is 0. The third-order valence-corrected chi connectivity index (χ3v) is 1.56. The van der Waals surface area contributed by atoms with Crippen molar-refractivity contribution in [1.82, 2.24) is 5.32 Å². The van der Waals surface area contributed by atoms with Crippen molar-refractivity contribution in [2.75, 3.05) is 13.2 Å². The van der Waals surface area contributed by atoms with Gasteiger partial charge in [0.25, 0.3) is 0 Å². The van der Waals surface area contributed by atoms with E-state index in [4.69, 9.17) is 14.5 Å². The summed E-state index contributed by atoms with van der Waals surface area (Å²) in [6, 6.07) is 0. The third kappa shape index (κ3) is 6.92. The molecule has 10 heteroatoms. The zero-order chi connectivity index (χ0) is 9.19. The summed E-state index contributed by atoms with van der Waals surface area (Å²) in [5, 5.41) is 2.54. The molecule has 1 rings (SSSR count). The van der Waals surface area contributed by atoms with Crippen LogP contribution in [0, 0.1) is 0 Å². The van der Waals surface area contributed by atoms with Crippen LogP contribution < -0.4 is 64.4 Å². The van der Waals surface area contributed by atoms with E-state index in [9.17, 15) is 9.36 Å². The van der Waals surface area contributed by atoms with Crippen LogP contribution in [0.5, 0.6) is 0 Å². The molecule has 1 fully saturated rings. The number of phosphoric acid groups is 1. The quantitative estimate of drug-likeness (QED) is 0.328. The normalized spacial score (nSPS) is 20.6. The molecule has 0 radical (unpaired) electrons. The van der Waals surface area contributed by atoms with Gasteiger partial charge in [0.15, 0.2) is 0 Å². The van der Waals surface area contributed by atoms with Crippen molar-refractivity contribution in [2.24, 2.45) is 0 Å². The van der Waals surface area contributed by atoms with Gasteiger partial charge in [-0.15, -0.1) is 0 Å². The summed E-state index contributed by atoms with van der Waals surface area (Å²) in [5.74, 6) is -1.10. The van der Waals surface area contributed by atoms with Gasteiger partial charge in [0.1, 0.15) is 0 Å². The Morgan fingerprint density at radius 2 is 2.14 bits per heavy atom. The van der Waals surface area contributed by atoms with Crippen molar-refractivity contribution in [3.05, 3.63) is 0 Å². The van der Waals surface area contributed by atoms with Crippen LogP contribution in [0.25, 0.3) is 0 Å². The zero-order valence-electron chi connectivity index (χ0n) is 9.97. The van der Waals surface area contributed by atoms with E-state index in [1.54, 1.807) is 0 Å². The van der Waals surface area contributed by atoms with Crippen LogP contribution in [0.1, 0.15) is 2.85 Å². The largest absolute Gasteiger partial charge is 1.00 e. The molecule has 0 aromatic carbocycles. The van der Waals surface area contributed by atoms with E-state index in [-0.39, 0.29) is 62.0 Å². The predicted octanol–water partition coefficient (Wildman–Crippen LogP) is -7.20. The molecule has 1 unspecified atom stereocenters. The molecule has 0 aromatic heterocycles. The maximum Gasteiger partial charge on any atom is 1.00 e. The molecule has 1 heterocycles. The molecule has 0 aromatic rings. The van der Waals surface area contributed by atoms with Crippen LogP contribution in [-0.2, 0) is 18.6 Å². The van der Waals surface area contributed by atoms with Gasteiger partial charge in [-0.3, -0.25) is 15.1 Å². The second-order valence-electron chi connectivity index (χ2n) is 2.11. The Bertz CT molecular complexity index is 235. The topological polar surface area (TPSA) is 105 Å². The predicted molar refractivity (Wildman–Crippen MR) is 38.1 cm³/mol. The van der Waals surface area contributed by atoms with E-state index < -0.39 is 20.0 Å². The Hall–Kier alpha value is 1.54. The number of phosphoric ester groups is 1. The Labute approximate surface area is 128 Å². The molecule has 0 bridgehead atoms. The van der Waals surface area contributed by atoms with Crippen LogP contribution in [0.4, 0.5) is 0 Å². The third-order valence-electron chi connectivity index (χ3n) is 1.14. The van der Waals surface area contributed by atoms with Crippen molar-refractivity contribution in [2.45, 2.75) is 6.23 Å². The Balaban J connectivity index is -0.000000180. The van der Waals surface area contributed by atoms with E-state index in [0.29, 0.717) is 13.2 Å². The van der Waals surface area contributed by atoms with E-state index >= 15 is 0 Å². The van der Waals surface area contributed by atoms with Crippen LogP contribution in [-0.4, -0.2) is 35.1 Å². The van der Waals surface area contributed by atoms with E-state index in [1.807, 2.05) is 0 Å². The molecule has 7 nitrogen and oxygen atoms in total. The molecule has 1 aliphatic heterocycles. The standard InChI is InChI=1S/C4H8NO6P.2Na.2H/c6-4(11-12(7,8)9)3-5-1-2-10-3;;;;/h3,5H,1-2H2,(H2,7,8,9);;;;/q;2*+1;2*-1. The molecule has 74 valence electrons. The monoisotopic (exact) mass is 245 g/mol. The van der Waals surface area contributed by atoms with Crippen LogP contribution in [0.3, 0.4) is 0 Å². The average molecular weight is 245 g/mol. The molecule has 0 amide bonds. The molecule has 0 spiro atoms. The molecule has 14 heavy (non-hydrogen) atoms. The van der Waals surface area contributed by atoms with Gasteiger partial charge in [0, 0.05) is 6.54 Å². The maximum atomic E-state index is 10.8. The summed E-state index contributed by atoms with van der Waals surface area (Å²) in [7, 11) is -4.74. The minimum Gasteiger partial charge on any atom is -1.00 e. The van der Waals surface area contributed by atoms with Crippen molar-refractivity contribution in [1.29, 1.82) is 0 Å². The molecule has 1 atom stereocenters. The fraction of sp³-hybridized carbons (Fsp3) is 0.750. The number of rotatable bonds is 2. The van der Waals surface area contributed by atoms with E-state index in [1.165, 1.54) is 0 Å². The number of nitrogens with one attached hydrogen (secondary N) is 1. The summed E-state index contributed by atoms with van der Waals surface area (Å²) in [4.78, 5) is 27.2. The number of hydrogen-bond donors (Lipinski definition) is 3. The average Bonchev–Trinajstić information content (AvgIpc) is 2.32. The number of hydrogen-bond acceptors (Lipinski definition) is 5. The minimum atomic E-state index is -4.74. The van der Waals surface area contributed by atoms with Gasteiger partial charge in [-0.1, -0.05) is 0 Å². The van der Waals surface area contributed by atoms with Gasteiger partial charge in [0.2, 0.25) is 6.23 Å². The fourth-order valence-electron chi connectivity index (χ4n) is 0.742. The summed E-state index contributed by atoms with van der Waals surface area (Å²) in [5.41, 5.74) is 0. The minimum absolute atomic E-state index is 0. The second kappa shape index (κ2) is 7.76. The van der Waals surface area contributed by atoms with Gasteiger partial charge >= 0.3 is 72.9 Å². The van der Waals surface area contributed by atoms with Crippen LogP contribution in [0.15, 0.2) is 0 Å². The number of carbonyl (C=O) groups is 1. The number of carbonyl (C=O) groups excluding carboxylic acids is 1. The summed E-state index contributed by atoms with van der Waals surface area (Å²) in [6.07, 6.45) is -1.06. The first-order valence-corrected chi connectivity index (χ1v) is 4.66. The summed E-state index contributed by atoms with van der Waals surface area (Å²) in [6.45, 7) is 0.780. The molecule has 0 saturated carbocycles. The van der Waals surface area contributed by atoms with Crippen molar-refractivity contribution in [3.63, 3.8) is 0 Å². The van der Waals surface area contributed by atoms with Crippen molar-refractivity contribution >= 4 is 13.8 Å². The van der Waals surface area contributed by atoms with Gasteiger partial charge in [-0.25, -0.2) is 9.36 Å².